The van der Waals surface area contributed by atoms with Crippen molar-refractivity contribution in [3.05, 3.63) is 83.9 Å². The summed E-state index contributed by atoms with van der Waals surface area (Å²) in [7, 11) is 0. The van der Waals surface area contributed by atoms with E-state index in [1.165, 1.54) is 0 Å². The summed E-state index contributed by atoms with van der Waals surface area (Å²) in [4.78, 5) is 11.0. The minimum atomic E-state index is -0.925. The second-order valence-corrected chi connectivity index (χ2v) is 7.92. The van der Waals surface area contributed by atoms with E-state index in [1.54, 1.807) is 12.1 Å². The number of carbonyl (C=O) groups is 1. The molecular formula is C26H28ClNO5. The first kappa shape index (κ1) is 24.6. The van der Waals surface area contributed by atoms with Crippen LogP contribution in [-0.2, 0) is 6.42 Å². The van der Waals surface area contributed by atoms with Crippen LogP contribution in [0.25, 0.3) is 11.1 Å². The summed E-state index contributed by atoms with van der Waals surface area (Å²) in [6.07, 6.45) is 1.24. The van der Waals surface area contributed by atoms with Crippen molar-refractivity contribution in [3.8, 4) is 22.6 Å². The molecule has 4 rings (SSSR count). The highest BCUT2D eigenvalue weighted by Crippen LogP contribution is 2.32. The Morgan fingerprint density at radius 1 is 1.06 bits per heavy atom. The van der Waals surface area contributed by atoms with E-state index < -0.39 is 12.1 Å². The van der Waals surface area contributed by atoms with Gasteiger partial charge < -0.3 is 25.0 Å². The van der Waals surface area contributed by atoms with Crippen LogP contribution in [0.3, 0.4) is 0 Å². The van der Waals surface area contributed by atoms with Crippen molar-refractivity contribution in [3.63, 3.8) is 0 Å². The van der Waals surface area contributed by atoms with Crippen LogP contribution >= 0.6 is 12.4 Å². The van der Waals surface area contributed by atoms with Gasteiger partial charge in [0.25, 0.3) is 0 Å². The van der Waals surface area contributed by atoms with E-state index in [2.05, 4.69) is 11.4 Å². The van der Waals surface area contributed by atoms with Crippen LogP contribution in [0.5, 0.6) is 11.5 Å². The third-order valence-corrected chi connectivity index (χ3v) is 5.49. The largest absolute Gasteiger partial charge is 0.491 e. The van der Waals surface area contributed by atoms with Crippen molar-refractivity contribution in [2.75, 3.05) is 19.7 Å². The molecule has 174 valence electrons. The Balaban J connectivity index is 0.00000306. The molecule has 7 heteroatoms. The standard InChI is InChI=1S/C26H27NO5.ClH/c28-22(17-31-23-4-2-1-3-5-23)15-27-16-24-12-10-21-14-20(11-13-25(21)32-24)18-6-8-19(9-7-18)26(29)30;/h1-9,11,13-14,22,24,27-28H,10,12,15-17H2,(H,29,30);1H/t22-,24+;/m0./s1. The summed E-state index contributed by atoms with van der Waals surface area (Å²) < 4.78 is 11.7. The number of aromatic carboxylic acids is 1. The average Bonchev–Trinajstić information content (AvgIpc) is 2.83. The number of para-hydroxylation sites is 1. The van der Waals surface area contributed by atoms with Gasteiger partial charge in [-0.15, -0.1) is 12.4 Å². The monoisotopic (exact) mass is 469 g/mol. The maximum Gasteiger partial charge on any atom is 0.335 e. The number of aliphatic hydroxyl groups is 1. The molecule has 33 heavy (non-hydrogen) atoms. The van der Waals surface area contributed by atoms with Crippen molar-refractivity contribution in [1.29, 1.82) is 0 Å². The second kappa shape index (κ2) is 11.7. The molecule has 0 aromatic heterocycles. The van der Waals surface area contributed by atoms with Gasteiger partial charge in [0, 0.05) is 13.1 Å². The molecule has 0 unspecified atom stereocenters. The van der Waals surface area contributed by atoms with Crippen molar-refractivity contribution in [2.45, 2.75) is 25.0 Å². The lowest BCUT2D eigenvalue weighted by atomic mass is 9.96. The highest BCUT2D eigenvalue weighted by Gasteiger charge is 2.20. The van der Waals surface area contributed by atoms with Gasteiger partial charge in [-0.3, -0.25) is 0 Å². The zero-order chi connectivity index (χ0) is 22.3. The Bertz CT molecular complexity index is 1040. The Kier molecular flexibility index (Phi) is 8.72. The summed E-state index contributed by atoms with van der Waals surface area (Å²) in [5.41, 5.74) is 3.45. The van der Waals surface area contributed by atoms with E-state index in [4.69, 9.17) is 14.6 Å². The van der Waals surface area contributed by atoms with Gasteiger partial charge in [-0.1, -0.05) is 36.4 Å². The molecular weight excluding hydrogens is 442 g/mol. The van der Waals surface area contributed by atoms with Gasteiger partial charge in [-0.25, -0.2) is 4.79 Å². The maximum atomic E-state index is 11.0. The number of hydrogen-bond acceptors (Lipinski definition) is 5. The first-order chi connectivity index (χ1) is 15.6. The Morgan fingerprint density at radius 2 is 1.79 bits per heavy atom. The molecule has 2 atom stereocenters. The predicted molar refractivity (Wildman–Crippen MR) is 130 cm³/mol. The number of benzene rings is 3. The van der Waals surface area contributed by atoms with Gasteiger partial charge >= 0.3 is 5.97 Å². The number of aliphatic hydroxyl groups excluding tert-OH is 1. The molecule has 6 nitrogen and oxygen atoms in total. The minimum absolute atomic E-state index is 0. The van der Waals surface area contributed by atoms with E-state index in [-0.39, 0.29) is 30.7 Å². The first-order valence-corrected chi connectivity index (χ1v) is 10.8. The van der Waals surface area contributed by atoms with Crippen LogP contribution in [0.2, 0.25) is 0 Å². The van der Waals surface area contributed by atoms with Crippen LogP contribution in [0.1, 0.15) is 22.3 Å². The fourth-order valence-corrected chi connectivity index (χ4v) is 3.75. The zero-order valence-corrected chi connectivity index (χ0v) is 19.0. The molecule has 0 radical (unpaired) electrons. The van der Waals surface area contributed by atoms with E-state index in [1.807, 2.05) is 54.6 Å². The van der Waals surface area contributed by atoms with E-state index in [0.717, 1.165) is 41.0 Å². The van der Waals surface area contributed by atoms with Crippen LogP contribution in [-0.4, -0.2) is 48.1 Å². The third-order valence-electron chi connectivity index (χ3n) is 5.49. The number of rotatable bonds is 9. The van der Waals surface area contributed by atoms with E-state index >= 15 is 0 Å². The maximum absolute atomic E-state index is 11.0. The van der Waals surface area contributed by atoms with Crippen molar-refractivity contribution in [1.82, 2.24) is 5.32 Å². The molecule has 3 aromatic carbocycles. The lowest BCUT2D eigenvalue weighted by Crippen LogP contribution is -2.39. The molecule has 0 bridgehead atoms. The van der Waals surface area contributed by atoms with Crippen LogP contribution in [0.15, 0.2) is 72.8 Å². The molecule has 3 aromatic rings. The lowest BCUT2D eigenvalue weighted by Gasteiger charge is -2.27. The molecule has 0 aliphatic carbocycles. The fraction of sp³-hybridized carbons (Fsp3) is 0.269. The molecule has 0 amide bonds. The van der Waals surface area contributed by atoms with Gasteiger partial charge in [0.2, 0.25) is 0 Å². The Hall–Kier alpha value is -3.06. The average molecular weight is 470 g/mol. The highest BCUT2D eigenvalue weighted by atomic mass is 35.5. The SMILES string of the molecule is Cl.O=C(O)c1ccc(-c2ccc3c(c2)CC[C@H](CNC[C@H](O)COc2ccccc2)O3)cc1. The summed E-state index contributed by atoms with van der Waals surface area (Å²) in [5.74, 6) is 0.698. The molecule has 0 spiro atoms. The lowest BCUT2D eigenvalue weighted by molar-refractivity contribution is 0.0697. The fourth-order valence-electron chi connectivity index (χ4n) is 3.75. The molecule has 0 saturated carbocycles. The number of nitrogens with one attached hydrogen (secondary N) is 1. The minimum Gasteiger partial charge on any atom is -0.491 e. The molecule has 0 saturated heterocycles. The number of carboxylic acids is 1. The number of ether oxygens (including phenoxy) is 2. The molecule has 1 aliphatic heterocycles. The normalized spacial score (nSPS) is 15.5. The number of fused-ring (bicyclic) bond motifs is 1. The molecule has 0 fully saturated rings. The molecule has 1 aliphatic rings. The van der Waals surface area contributed by atoms with Crippen LogP contribution < -0.4 is 14.8 Å². The summed E-state index contributed by atoms with van der Waals surface area (Å²) >= 11 is 0. The number of halogens is 1. The summed E-state index contributed by atoms with van der Waals surface area (Å²) in [5, 5.41) is 22.4. The van der Waals surface area contributed by atoms with Gasteiger partial charge in [-0.05, 0) is 65.9 Å². The third kappa shape index (κ3) is 6.71. The van der Waals surface area contributed by atoms with Crippen LogP contribution in [0, 0.1) is 0 Å². The van der Waals surface area contributed by atoms with E-state index in [9.17, 15) is 9.90 Å². The number of aryl methyl sites for hydroxylation is 1. The van der Waals surface area contributed by atoms with Crippen molar-refractivity contribution < 1.29 is 24.5 Å². The van der Waals surface area contributed by atoms with E-state index in [0.29, 0.717) is 13.1 Å². The first-order valence-electron chi connectivity index (χ1n) is 10.8. The van der Waals surface area contributed by atoms with Crippen molar-refractivity contribution in [2.24, 2.45) is 0 Å². The topological polar surface area (TPSA) is 88.0 Å². The van der Waals surface area contributed by atoms with Gasteiger partial charge in [0.05, 0.1) is 5.56 Å². The predicted octanol–water partition coefficient (Wildman–Crippen LogP) is 4.20. The molecule has 1 heterocycles. The smallest absolute Gasteiger partial charge is 0.335 e. The van der Waals surface area contributed by atoms with Gasteiger partial charge in [0.1, 0.15) is 30.3 Å². The van der Waals surface area contributed by atoms with Gasteiger partial charge in [-0.2, -0.15) is 0 Å². The summed E-state index contributed by atoms with van der Waals surface area (Å²) in [6.45, 7) is 1.33. The zero-order valence-electron chi connectivity index (χ0n) is 18.1. The number of hydrogen-bond donors (Lipinski definition) is 3. The van der Waals surface area contributed by atoms with Crippen LogP contribution in [0.4, 0.5) is 0 Å². The molecule has 3 N–H and O–H groups in total. The highest BCUT2D eigenvalue weighted by molar-refractivity contribution is 5.88. The Morgan fingerprint density at radius 3 is 2.52 bits per heavy atom. The summed E-state index contributed by atoms with van der Waals surface area (Å²) in [6, 6.07) is 22.4. The quantitative estimate of drug-likeness (QED) is 0.435. The number of carboxylic acid groups (broad SMARTS) is 1. The van der Waals surface area contributed by atoms with Gasteiger partial charge in [0.15, 0.2) is 0 Å². The second-order valence-electron chi connectivity index (χ2n) is 7.92. The Labute approximate surface area is 199 Å². The van der Waals surface area contributed by atoms with Crippen molar-refractivity contribution >= 4 is 18.4 Å².